The van der Waals surface area contributed by atoms with Gasteiger partial charge in [0.05, 0.1) is 13.2 Å². The monoisotopic (exact) mass is 757 g/mol. The first-order valence-corrected chi connectivity index (χ1v) is 21.2. The fraction of sp³-hybridized carbons (Fsp3) is 0.689. The Morgan fingerprint density at radius 2 is 1.11 bits per heavy atom. The third-order valence-corrected chi connectivity index (χ3v) is 8.98. The van der Waals surface area contributed by atoms with Gasteiger partial charge in [0.2, 0.25) is 11.8 Å². The Labute approximate surface area is 328 Å². The van der Waals surface area contributed by atoms with Gasteiger partial charge in [-0.2, -0.15) is 0 Å². The molecule has 0 saturated heterocycles. The SMILES string of the molecule is CC/C=C\C/C=C\C/C=C\CCCCCCCCCC(=O)OC(/C=C\C/C=C\CCCCC)CCCCCCCCC(=O)NCC(=O)NC(CO)C(=O)O. The molecule has 9 heteroatoms. The van der Waals surface area contributed by atoms with Gasteiger partial charge in [0.1, 0.15) is 12.1 Å². The van der Waals surface area contributed by atoms with Crippen molar-refractivity contribution in [2.45, 2.75) is 187 Å². The Balaban J connectivity index is 4.26. The number of rotatable bonds is 37. The molecule has 2 unspecified atom stereocenters. The molecule has 0 aliphatic carbocycles. The number of carboxylic acid groups (broad SMARTS) is 1. The third kappa shape index (κ3) is 35.6. The number of nitrogens with one attached hydrogen (secondary N) is 2. The molecule has 0 saturated carbocycles. The van der Waals surface area contributed by atoms with Crippen LogP contribution < -0.4 is 10.6 Å². The van der Waals surface area contributed by atoms with Gasteiger partial charge >= 0.3 is 11.9 Å². The van der Waals surface area contributed by atoms with Crippen molar-refractivity contribution < 1.29 is 34.1 Å². The lowest BCUT2D eigenvalue weighted by molar-refractivity contribution is -0.147. The second-order valence-electron chi connectivity index (χ2n) is 14.0. The summed E-state index contributed by atoms with van der Waals surface area (Å²) in [7, 11) is 0. The summed E-state index contributed by atoms with van der Waals surface area (Å²) in [5.74, 6) is -2.37. The van der Waals surface area contributed by atoms with Gasteiger partial charge in [0.25, 0.3) is 0 Å². The number of carbonyl (C=O) groups is 4. The van der Waals surface area contributed by atoms with E-state index < -0.39 is 24.5 Å². The predicted molar refractivity (Wildman–Crippen MR) is 222 cm³/mol. The van der Waals surface area contributed by atoms with Crippen LogP contribution in [0.15, 0.2) is 60.8 Å². The first kappa shape index (κ1) is 50.5. The fourth-order valence-electron chi connectivity index (χ4n) is 5.74. The summed E-state index contributed by atoms with van der Waals surface area (Å²) in [6, 6.07) is -1.38. The molecular weight excluding hydrogens is 681 g/mol. The van der Waals surface area contributed by atoms with Crippen LogP contribution in [0.1, 0.15) is 174 Å². The largest absolute Gasteiger partial charge is 0.480 e. The molecule has 0 rings (SSSR count). The van der Waals surface area contributed by atoms with E-state index in [1.54, 1.807) is 0 Å². The van der Waals surface area contributed by atoms with Gasteiger partial charge in [0, 0.05) is 12.8 Å². The van der Waals surface area contributed by atoms with Crippen molar-refractivity contribution in [3.8, 4) is 0 Å². The van der Waals surface area contributed by atoms with Crippen molar-refractivity contribution in [2.75, 3.05) is 13.2 Å². The minimum absolute atomic E-state index is 0.107. The van der Waals surface area contributed by atoms with Gasteiger partial charge in [-0.25, -0.2) is 4.79 Å². The molecule has 54 heavy (non-hydrogen) atoms. The van der Waals surface area contributed by atoms with Crippen molar-refractivity contribution in [1.82, 2.24) is 10.6 Å². The van der Waals surface area contributed by atoms with Crippen LogP contribution >= 0.6 is 0 Å². The molecule has 0 aromatic carbocycles. The van der Waals surface area contributed by atoms with E-state index in [4.69, 9.17) is 14.9 Å². The molecule has 0 fully saturated rings. The van der Waals surface area contributed by atoms with E-state index in [-0.39, 0.29) is 24.5 Å². The van der Waals surface area contributed by atoms with Crippen LogP contribution in [-0.4, -0.2) is 59.3 Å². The lowest BCUT2D eigenvalue weighted by Gasteiger charge is -2.15. The molecule has 0 heterocycles. The van der Waals surface area contributed by atoms with E-state index in [1.807, 2.05) is 0 Å². The van der Waals surface area contributed by atoms with Crippen LogP contribution in [0.2, 0.25) is 0 Å². The maximum absolute atomic E-state index is 12.7. The summed E-state index contributed by atoms with van der Waals surface area (Å²) in [6.45, 7) is 3.32. The zero-order valence-corrected chi connectivity index (χ0v) is 34.0. The zero-order valence-electron chi connectivity index (χ0n) is 34.0. The quantitative estimate of drug-likeness (QED) is 0.0281. The smallest absolute Gasteiger partial charge is 0.328 e. The number of allylic oxidation sites excluding steroid dienone is 9. The molecule has 2 amide bonds. The summed E-state index contributed by atoms with van der Waals surface area (Å²) in [4.78, 5) is 47.4. The van der Waals surface area contributed by atoms with E-state index in [2.05, 4.69) is 85.2 Å². The first-order chi connectivity index (χ1) is 26.3. The van der Waals surface area contributed by atoms with Crippen molar-refractivity contribution in [1.29, 1.82) is 0 Å². The van der Waals surface area contributed by atoms with Crippen molar-refractivity contribution in [3.63, 3.8) is 0 Å². The Morgan fingerprint density at radius 1 is 0.593 bits per heavy atom. The molecule has 0 aliphatic heterocycles. The number of aliphatic carboxylic acids is 1. The highest BCUT2D eigenvalue weighted by Gasteiger charge is 2.18. The molecule has 2 atom stereocenters. The predicted octanol–water partition coefficient (Wildman–Crippen LogP) is 10.1. The minimum Gasteiger partial charge on any atom is -0.480 e. The molecule has 0 aromatic rings. The fourth-order valence-corrected chi connectivity index (χ4v) is 5.74. The zero-order chi connectivity index (χ0) is 39.7. The second-order valence-corrected chi connectivity index (χ2v) is 14.0. The average molecular weight is 757 g/mol. The highest BCUT2D eigenvalue weighted by Crippen LogP contribution is 2.15. The minimum atomic E-state index is -1.38. The van der Waals surface area contributed by atoms with Crippen LogP contribution in [0, 0.1) is 0 Å². The number of aliphatic hydroxyl groups excluding tert-OH is 1. The van der Waals surface area contributed by atoms with Crippen LogP contribution in [-0.2, 0) is 23.9 Å². The molecular formula is C45H76N2O7. The summed E-state index contributed by atoms with van der Waals surface area (Å²) in [5, 5.41) is 22.5. The van der Waals surface area contributed by atoms with Crippen molar-refractivity contribution in [2.24, 2.45) is 0 Å². The van der Waals surface area contributed by atoms with Crippen molar-refractivity contribution in [3.05, 3.63) is 60.8 Å². The van der Waals surface area contributed by atoms with Gasteiger partial charge in [-0.15, -0.1) is 0 Å². The summed E-state index contributed by atoms with van der Waals surface area (Å²) in [6.07, 6.45) is 47.0. The third-order valence-electron chi connectivity index (χ3n) is 8.98. The topological polar surface area (TPSA) is 142 Å². The summed E-state index contributed by atoms with van der Waals surface area (Å²) in [5.41, 5.74) is 0. The number of hydrogen-bond acceptors (Lipinski definition) is 6. The van der Waals surface area contributed by atoms with Gasteiger partial charge in [0.15, 0.2) is 0 Å². The molecule has 0 spiro atoms. The lowest BCUT2D eigenvalue weighted by Crippen LogP contribution is -2.47. The Hall–Kier alpha value is -3.46. The van der Waals surface area contributed by atoms with Gasteiger partial charge < -0.3 is 25.6 Å². The Bertz CT molecular complexity index is 1100. The molecule has 0 bridgehead atoms. The number of amides is 2. The highest BCUT2D eigenvalue weighted by atomic mass is 16.5. The number of hydrogen-bond donors (Lipinski definition) is 4. The van der Waals surface area contributed by atoms with Crippen LogP contribution in [0.5, 0.6) is 0 Å². The first-order valence-electron chi connectivity index (χ1n) is 21.2. The number of unbranched alkanes of at least 4 members (excludes halogenated alkanes) is 15. The van der Waals surface area contributed by atoms with E-state index >= 15 is 0 Å². The normalized spacial score (nSPS) is 13.1. The van der Waals surface area contributed by atoms with Crippen LogP contribution in [0.3, 0.4) is 0 Å². The molecule has 0 aliphatic rings. The molecule has 0 aromatic heterocycles. The summed E-state index contributed by atoms with van der Waals surface area (Å²) < 4.78 is 5.91. The van der Waals surface area contributed by atoms with E-state index in [1.165, 1.54) is 44.9 Å². The van der Waals surface area contributed by atoms with Gasteiger partial charge in [-0.3, -0.25) is 14.4 Å². The average Bonchev–Trinajstić information content (AvgIpc) is 3.15. The van der Waals surface area contributed by atoms with Gasteiger partial charge in [-0.05, 0) is 83.1 Å². The van der Waals surface area contributed by atoms with Crippen molar-refractivity contribution >= 4 is 23.8 Å². The maximum atomic E-state index is 12.7. The Kier molecular flexibility index (Phi) is 36.7. The van der Waals surface area contributed by atoms with Gasteiger partial charge in [-0.1, -0.05) is 139 Å². The van der Waals surface area contributed by atoms with Crippen LogP contribution in [0.4, 0.5) is 0 Å². The highest BCUT2D eigenvalue weighted by molar-refractivity contribution is 5.87. The number of carbonyl (C=O) groups excluding carboxylic acids is 3. The number of aliphatic hydroxyl groups is 1. The molecule has 0 radical (unpaired) electrons. The Morgan fingerprint density at radius 3 is 1.70 bits per heavy atom. The number of ether oxygens (including phenoxy) is 1. The second kappa shape index (κ2) is 39.2. The lowest BCUT2D eigenvalue weighted by atomic mass is 10.1. The standard InChI is InChI=1S/C45H76N2O7/c1-3-5-7-9-11-13-14-15-16-17-18-19-20-21-23-29-33-37-44(51)54-40(34-30-26-22-12-10-8-6-4-2)35-31-27-24-25-28-32-36-42(49)46-38-43(50)47-41(39-48)45(52)53/h5,7,11-13,15-16,22,30,34,40-41,48H,3-4,6,8-10,14,17-21,23-29,31-33,35-39H2,1-2H3,(H,46,49)(H,47,50)(H,52,53)/b7-5-,13-11-,16-15-,22-12-,34-30-. The van der Waals surface area contributed by atoms with E-state index in [0.29, 0.717) is 19.3 Å². The van der Waals surface area contributed by atoms with E-state index in [0.717, 1.165) is 96.3 Å². The maximum Gasteiger partial charge on any atom is 0.328 e. The van der Waals surface area contributed by atoms with E-state index in [9.17, 15) is 19.2 Å². The van der Waals surface area contributed by atoms with Crippen LogP contribution in [0.25, 0.3) is 0 Å². The molecule has 9 nitrogen and oxygen atoms in total. The molecule has 4 N–H and O–H groups in total. The number of carboxylic acids is 1. The number of esters is 1. The summed E-state index contributed by atoms with van der Waals surface area (Å²) >= 11 is 0. The molecule has 308 valence electrons.